The van der Waals surface area contributed by atoms with Gasteiger partial charge in [0.1, 0.15) is 0 Å². The van der Waals surface area contributed by atoms with Crippen molar-refractivity contribution in [1.82, 2.24) is 10.2 Å². The molecular formula is C4H2N2O6S. The van der Waals surface area contributed by atoms with Crippen molar-refractivity contribution < 1.29 is 29.3 Å². The number of carbonyl (C=O) groups is 2. The summed E-state index contributed by atoms with van der Waals surface area (Å²) >= 11 is 0.561. The second-order valence-corrected chi connectivity index (χ2v) is 2.47. The minimum absolute atomic E-state index is 0.302. The zero-order chi connectivity index (χ0) is 9.84. The molecule has 1 aromatic rings. The van der Waals surface area contributed by atoms with Crippen molar-refractivity contribution in [2.24, 2.45) is 0 Å². The predicted octanol–water partition coefficient (Wildman–Crippen LogP) is 0.652. The Morgan fingerprint density at radius 1 is 1.08 bits per heavy atom. The highest BCUT2D eigenvalue weighted by molar-refractivity contribution is 7.14. The number of aromatic nitrogens is 2. The SMILES string of the molecule is O=C(O)Oc1nnc(OC(=O)O)s1. The van der Waals surface area contributed by atoms with Gasteiger partial charge < -0.3 is 19.7 Å². The Labute approximate surface area is 74.3 Å². The van der Waals surface area contributed by atoms with Crippen molar-refractivity contribution in [2.75, 3.05) is 0 Å². The van der Waals surface area contributed by atoms with Gasteiger partial charge in [-0.2, -0.15) is 0 Å². The number of rotatable bonds is 2. The Morgan fingerprint density at radius 2 is 1.46 bits per heavy atom. The molecule has 0 aliphatic heterocycles. The zero-order valence-electron chi connectivity index (χ0n) is 5.83. The van der Waals surface area contributed by atoms with E-state index in [4.69, 9.17) is 10.2 Å². The van der Waals surface area contributed by atoms with Gasteiger partial charge in [-0.3, -0.25) is 0 Å². The summed E-state index contributed by atoms with van der Waals surface area (Å²) in [6.45, 7) is 0. The molecule has 0 atom stereocenters. The highest BCUT2D eigenvalue weighted by Crippen LogP contribution is 2.24. The van der Waals surface area contributed by atoms with Crippen LogP contribution in [0.2, 0.25) is 0 Å². The molecule has 0 saturated carbocycles. The molecule has 1 heterocycles. The van der Waals surface area contributed by atoms with Gasteiger partial charge in [0.25, 0.3) is 0 Å². The Kier molecular flexibility index (Phi) is 2.59. The van der Waals surface area contributed by atoms with Crippen LogP contribution in [0.3, 0.4) is 0 Å². The van der Waals surface area contributed by atoms with Crippen LogP contribution in [0, 0.1) is 0 Å². The first-order valence-corrected chi connectivity index (χ1v) is 3.54. The molecule has 0 unspecified atom stereocenters. The van der Waals surface area contributed by atoms with E-state index in [0.29, 0.717) is 11.3 Å². The first kappa shape index (κ1) is 9.19. The summed E-state index contributed by atoms with van der Waals surface area (Å²) in [5.74, 6) is 0. The number of nitrogens with zero attached hydrogens (tertiary/aromatic N) is 2. The number of hydrogen-bond acceptors (Lipinski definition) is 7. The number of carboxylic acid groups (broad SMARTS) is 2. The van der Waals surface area contributed by atoms with Crippen LogP contribution in [0.5, 0.6) is 10.4 Å². The average molecular weight is 206 g/mol. The average Bonchev–Trinajstić information content (AvgIpc) is 2.33. The van der Waals surface area contributed by atoms with Crippen molar-refractivity contribution >= 4 is 23.6 Å². The van der Waals surface area contributed by atoms with E-state index in [2.05, 4.69) is 19.7 Å². The molecule has 0 bridgehead atoms. The molecule has 70 valence electrons. The Hall–Kier alpha value is -1.90. The first-order chi connectivity index (χ1) is 6.08. The summed E-state index contributed by atoms with van der Waals surface area (Å²) < 4.78 is 8.13. The van der Waals surface area contributed by atoms with Gasteiger partial charge in [-0.1, -0.05) is 10.2 Å². The summed E-state index contributed by atoms with van der Waals surface area (Å²) in [6, 6.07) is 0. The van der Waals surface area contributed by atoms with E-state index in [1.165, 1.54) is 0 Å². The van der Waals surface area contributed by atoms with E-state index in [0.717, 1.165) is 0 Å². The molecule has 0 fully saturated rings. The van der Waals surface area contributed by atoms with Gasteiger partial charge in [0.05, 0.1) is 0 Å². The summed E-state index contributed by atoms with van der Waals surface area (Å²) in [6.07, 6.45) is -3.11. The van der Waals surface area contributed by atoms with E-state index in [1.807, 2.05) is 0 Å². The molecule has 1 aromatic heterocycles. The third kappa shape index (κ3) is 2.91. The van der Waals surface area contributed by atoms with E-state index >= 15 is 0 Å². The maximum atomic E-state index is 9.96. The summed E-state index contributed by atoms with van der Waals surface area (Å²) in [4.78, 5) is 19.9. The van der Waals surface area contributed by atoms with Crippen LogP contribution in [-0.2, 0) is 0 Å². The summed E-state index contributed by atoms with van der Waals surface area (Å²) in [5.41, 5.74) is 0. The van der Waals surface area contributed by atoms with E-state index in [1.54, 1.807) is 0 Å². The largest absolute Gasteiger partial charge is 0.513 e. The first-order valence-electron chi connectivity index (χ1n) is 2.73. The lowest BCUT2D eigenvalue weighted by molar-refractivity contribution is 0.142. The Morgan fingerprint density at radius 3 is 1.77 bits per heavy atom. The molecule has 0 aromatic carbocycles. The van der Waals surface area contributed by atoms with Crippen molar-refractivity contribution in [3.63, 3.8) is 0 Å². The minimum atomic E-state index is -1.56. The third-order valence-electron chi connectivity index (χ3n) is 0.737. The lowest BCUT2D eigenvalue weighted by atomic mass is 11.3. The molecular weight excluding hydrogens is 204 g/mol. The molecule has 1 rings (SSSR count). The van der Waals surface area contributed by atoms with E-state index in [-0.39, 0.29) is 10.4 Å². The summed E-state index contributed by atoms with van der Waals surface area (Å²) in [7, 11) is 0. The Bertz CT molecular complexity index is 305. The van der Waals surface area contributed by atoms with Gasteiger partial charge in [0.2, 0.25) is 0 Å². The quantitative estimate of drug-likeness (QED) is 0.677. The normalized spacial score (nSPS) is 9.23. The van der Waals surface area contributed by atoms with Gasteiger partial charge in [0, 0.05) is 0 Å². The molecule has 0 aliphatic carbocycles. The molecule has 8 nitrogen and oxygen atoms in total. The van der Waals surface area contributed by atoms with Crippen LogP contribution >= 0.6 is 11.3 Å². The molecule has 13 heavy (non-hydrogen) atoms. The van der Waals surface area contributed by atoms with Crippen LogP contribution in [0.1, 0.15) is 0 Å². The second-order valence-electron chi connectivity index (χ2n) is 1.57. The fraction of sp³-hybridized carbons (Fsp3) is 0. The lowest BCUT2D eigenvalue weighted by Gasteiger charge is -1.89. The standard InChI is InChI=1S/C4H2N2O6S/c7-3(8)11-1-5-6-2(13-1)12-4(9)10/h(H,7,8)(H,9,10). The van der Waals surface area contributed by atoms with Crippen LogP contribution in [0.4, 0.5) is 9.59 Å². The Balaban J connectivity index is 2.63. The van der Waals surface area contributed by atoms with Crippen molar-refractivity contribution in [3.8, 4) is 10.4 Å². The highest BCUT2D eigenvalue weighted by Gasteiger charge is 2.11. The minimum Gasteiger partial charge on any atom is -0.449 e. The van der Waals surface area contributed by atoms with Crippen LogP contribution in [0.15, 0.2) is 0 Å². The van der Waals surface area contributed by atoms with Crippen LogP contribution in [0.25, 0.3) is 0 Å². The predicted molar refractivity (Wildman–Crippen MR) is 37.2 cm³/mol. The zero-order valence-corrected chi connectivity index (χ0v) is 6.65. The number of ether oxygens (including phenoxy) is 2. The molecule has 0 amide bonds. The van der Waals surface area contributed by atoms with Gasteiger partial charge >= 0.3 is 22.7 Å². The number of hydrogen-bond donors (Lipinski definition) is 2. The molecule has 0 spiro atoms. The third-order valence-corrected chi connectivity index (χ3v) is 1.42. The molecule has 9 heteroatoms. The van der Waals surface area contributed by atoms with Gasteiger partial charge in [-0.25, -0.2) is 9.59 Å². The molecule has 0 aliphatic rings. The molecule has 0 saturated heterocycles. The monoisotopic (exact) mass is 206 g/mol. The lowest BCUT2D eigenvalue weighted by Crippen LogP contribution is -2.02. The smallest absolute Gasteiger partial charge is 0.449 e. The maximum absolute atomic E-state index is 9.96. The van der Waals surface area contributed by atoms with E-state index < -0.39 is 12.3 Å². The molecule has 0 radical (unpaired) electrons. The van der Waals surface area contributed by atoms with Crippen LogP contribution < -0.4 is 9.47 Å². The topological polar surface area (TPSA) is 119 Å². The van der Waals surface area contributed by atoms with Crippen molar-refractivity contribution in [3.05, 3.63) is 0 Å². The van der Waals surface area contributed by atoms with Crippen LogP contribution in [-0.4, -0.2) is 32.7 Å². The fourth-order valence-corrected chi connectivity index (χ4v) is 0.968. The van der Waals surface area contributed by atoms with Crippen molar-refractivity contribution in [1.29, 1.82) is 0 Å². The van der Waals surface area contributed by atoms with Gasteiger partial charge in [-0.05, 0) is 11.3 Å². The summed E-state index contributed by atoms with van der Waals surface area (Å²) in [5, 5.41) is 22.0. The van der Waals surface area contributed by atoms with Gasteiger partial charge in [-0.15, -0.1) is 0 Å². The highest BCUT2D eigenvalue weighted by atomic mass is 32.1. The molecule has 2 N–H and O–H groups in total. The van der Waals surface area contributed by atoms with E-state index in [9.17, 15) is 9.59 Å². The second kappa shape index (κ2) is 3.67. The van der Waals surface area contributed by atoms with Gasteiger partial charge in [0.15, 0.2) is 0 Å². The maximum Gasteiger partial charge on any atom is 0.513 e. The van der Waals surface area contributed by atoms with Crippen molar-refractivity contribution in [2.45, 2.75) is 0 Å². The fourth-order valence-electron chi connectivity index (χ4n) is 0.429.